The number of para-hydroxylation sites is 1. The first kappa shape index (κ1) is 17.0. The molecule has 116 valence electrons. The lowest BCUT2D eigenvalue weighted by Crippen LogP contribution is -2.33. The summed E-state index contributed by atoms with van der Waals surface area (Å²) >= 11 is 0. The minimum Gasteiger partial charge on any atom is -0.494 e. The van der Waals surface area contributed by atoms with Gasteiger partial charge in [-0.3, -0.25) is 14.4 Å². The summed E-state index contributed by atoms with van der Waals surface area (Å²) in [6.45, 7) is 3.81. The molecule has 2 amide bonds. The van der Waals surface area contributed by atoms with Crippen molar-refractivity contribution in [1.82, 2.24) is 10.4 Å². The van der Waals surface area contributed by atoms with E-state index in [0.29, 0.717) is 12.4 Å². The highest BCUT2D eigenvalue weighted by molar-refractivity contribution is 5.78. The van der Waals surface area contributed by atoms with Crippen LogP contribution < -0.4 is 10.1 Å². The maximum atomic E-state index is 12.0. The molecule has 21 heavy (non-hydrogen) atoms. The minimum atomic E-state index is -0.463. The second-order valence-corrected chi connectivity index (χ2v) is 4.50. The van der Waals surface area contributed by atoms with Crippen LogP contribution in [0.3, 0.4) is 0 Å². The van der Waals surface area contributed by atoms with Crippen molar-refractivity contribution in [3.05, 3.63) is 29.8 Å². The fraction of sp³-hybridized carbons (Fsp3) is 0.467. The molecule has 0 aliphatic carbocycles. The number of nitrogens with zero attached hydrogens (tertiary/aromatic N) is 1. The first-order chi connectivity index (χ1) is 9.99. The van der Waals surface area contributed by atoms with Gasteiger partial charge in [0.1, 0.15) is 5.75 Å². The molecule has 0 radical (unpaired) electrons. The summed E-state index contributed by atoms with van der Waals surface area (Å²) < 4.78 is 5.56. The van der Waals surface area contributed by atoms with Crippen LogP contribution in [0.2, 0.25) is 0 Å². The van der Waals surface area contributed by atoms with E-state index in [1.54, 1.807) is 0 Å². The van der Waals surface area contributed by atoms with E-state index in [4.69, 9.17) is 9.57 Å². The summed E-state index contributed by atoms with van der Waals surface area (Å²) in [6.07, 6.45) is 0.0913. The highest BCUT2D eigenvalue weighted by Gasteiger charge is 2.22. The van der Waals surface area contributed by atoms with Gasteiger partial charge in [-0.1, -0.05) is 18.2 Å². The van der Waals surface area contributed by atoms with Gasteiger partial charge in [-0.2, -0.15) is 0 Å². The first-order valence-electron chi connectivity index (χ1n) is 6.79. The molecular weight excluding hydrogens is 272 g/mol. The Hall–Kier alpha value is -2.08. The van der Waals surface area contributed by atoms with Gasteiger partial charge >= 0.3 is 0 Å². The number of benzene rings is 1. The first-order valence-corrected chi connectivity index (χ1v) is 6.79. The third kappa shape index (κ3) is 5.07. The molecule has 1 N–H and O–H groups in total. The Kier molecular flexibility index (Phi) is 6.68. The van der Waals surface area contributed by atoms with Crippen LogP contribution in [0.1, 0.15) is 31.9 Å². The zero-order valence-corrected chi connectivity index (χ0v) is 12.9. The third-order valence-electron chi connectivity index (χ3n) is 2.98. The number of amides is 2. The van der Waals surface area contributed by atoms with Gasteiger partial charge in [0.25, 0.3) is 0 Å². The average Bonchev–Trinajstić information content (AvgIpc) is 2.46. The Morgan fingerprint density at radius 1 is 1.33 bits per heavy atom. The monoisotopic (exact) mass is 294 g/mol. The van der Waals surface area contributed by atoms with Crippen LogP contribution in [-0.4, -0.2) is 37.6 Å². The van der Waals surface area contributed by atoms with Crippen molar-refractivity contribution >= 4 is 11.8 Å². The van der Waals surface area contributed by atoms with Gasteiger partial charge in [0.05, 0.1) is 26.2 Å². The van der Waals surface area contributed by atoms with E-state index < -0.39 is 6.04 Å². The summed E-state index contributed by atoms with van der Waals surface area (Å²) in [5.41, 5.74) is 0.771. The van der Waals surface area contributed by atoms with E-state index in [1.165, 1.54) is 21.1 Å². The van der Waals surface area contributed by atoms with Crippen LogP contribution in [0.5, 0.6) is 5.75 Å². The fourth-order valence-corrected chi connectivity index (χ4v) is 1.94. The average molecular weight is 294 g/mol. The summed E-state index contributed by atoms with van der Waals surface area (Å²) in [7, 11) is 2.95. The van der Waals surface area contributed by atoms with E-state index in [0.717, 1.165) is 10.6 Å². The molecule has 0 aliphatic rings. The molecular formula is C15H22N2O4. The molecule has 1 aromatic carbocycles. The van der Waals surface area contributed by atoms with Crippen LogP contribution in [0, 0.1) is 0 Å². The molecule has 0 saturated heterocycles. The van der Waals surface area contributed by atoms with Crippen LogP contribution in [0.15, 0.2) is 24.3 Å². The maximum absolute atomic E-state index is 12.0. The number of hydroxylamine groups is 2. The van der Waals surface area contributed by atoms with Crippen molar-refractivity contribution in [3.63, 3.8) is 0 Å². The van der Waals surface area contributed by atoms with Crippen molar-refractivity contribution in [3.8, 4) is 5.75 Å². The highest BCUT2D eigenvalue weighted by atomic mass is 16.7. The van der Waals surface area contributed by atoms with E-state index in [-0.39, 0.29) is 18.2 Å². The number of rotatable bonds is 7. The number of carbonyl (C=O) groups is 2. The molecule has 0 bridgehead atoms. The Morgan fingerprint density at radius 3 is 2.57 bits per heavy atom. The van der Waals surface area contributed by atoms with Crippen molar-refractivity contribution in [2.45, 2.75) is 26.3 Å². The number of nitrogens with one attached hydrogen (secondary N) is 1. The second kappa shape index (κ2) is 8.26. The smallest absolute Gasteiger partial charge is 0.248 e. The Bertz CT molecular complexity index is 490. The fourth-order valence-electron chi connectivity index (χ4n) is 1.94. The Morgan fingerprint density at radius 2 is 2.00 bits per heavy atom. The molecule has 0 aromatic heterocycles. The lowest BCUT2D eigenvalue weighted by Gasteiger charge is -2.22. The second-order valence-electron chi connectivity index (χ2n) is 4.50. The largest absolute Gasteiger partial charge is 0.494 e. The molecule has 0 unspecified atom stereocenters. The van der Waals surface area contributed by atoms with Crippen molar-refractivity contribution < 1.29 is 19.2 Å². The van der Waals surface area contributed by atoms with Gasteiger partial charge in [-0.25, -0.2) is 5.06 Å². The van der Waals surface area contributed by atoms with E-state index in [2.05, 4.69) is 5.32 Å². The topological polar surface area (TPSA) is 67.9 Å². The van der Waals surface area contributed by atoms with Gasteiger partial charge in [-0.05, 0) is 13.0 Å². The molecule has 1 aromatic rings. The normalized spacial score (nSPS) is 11.6. The van der Waals surface area contributed by atoms with E-state index in [1.807, 2.05) is 31.2 Å². The standard InChI is InChI=1S/C15H22N2O4/c1-5-21-14-9-7-6-8-12(14)13(16-11(2)18)10-15(19)17(3)20-4/h6-9,13H,5,10H2,1-4H3,(H,16,18)/t13-/m1/s1. The van der Waals surface area contributed by atoms with Gasteiger partial charge in [0.15, 0.2) is 0 Å². The highest BCUT2D eigenvalue weighted by Crippen LogP contribution is 2.27. The van der Waals surface area contributed by atoms with Crippen molar-refractivity contribution in [2.24, 2.45) is 0 Å². The Balaban J connectivity index is 3.02. The predicted octanol–water partition coefficient (Wildman–Crippen LogP) is 1.67. The van der Waals surface area contributed by atoms with Gasteiger partial charge in [0.2, 0.25) is 11.8 Å². The predicted molar refractivity (Wildman–Crippen MR) is 78.6 cm³/mol. The SMILES string of the molecule is CCOc1ccccc1[C@@H](CC(=O)N(C)OC)NC(C)=O. The lowest BCUT2D eigenvalue weighted by atomic mass is 10.0. The van der Waals surface area contributed by atoms with Crippen LogP contribution in [0.4, 0.5) is 0 Å². The van der Waals surface area contributed by atoms with Gasteiger partial charge in [0, 0.05) is 19.5 Å². The van der Waals surface area contributed by atoms with Crippen LogP contribution >= 0.6 is 0 Å². The summed E-state index contributed by atoms with van der Waals surface area (Å²) in [4.78, 5) is 28.3. The van der Waals surface area contributed by atoms with Crippen LogP contribution in [0.25, 0.3) is 0 Å². The molecule has 0 spiro atoms. The van der Waals surface area contributed by atoms with Crippen LogP contribution in [-0.2, 0) is 14.4 Å². The third-order valence-corrected chi connectivity index (χ3v) is 2.98. The van der Waals surface area contributed by atoms with E-state index >= 15 is 0 Å². The van der Waals surface area contributed by atoms with E-state index in [9.17, 15) is 9.59 Å². The molecule has 0 heterocycles. The quantitative estimate of drug-likeness (QED) is 0.777. The summed E-state index contributed by atoms with van der Waals surface area (Å²) in [5, 5.41) is 3.92. The minimum absolute atomic E-state index is 0.0913. The molecule has 1 atom stereocenters. The van der Waals surface area contributed by atoms with Gasteiger partial charge < -0.3 is 10.1 Å². The maximum Gasteiger partial charge on any atom is 0.248 e. The molecule has 0 aliphatic heterocycles. The number of ether oxygens (including phenoxy) is 1. The molecule has 6 nitrogen and oxygen atoms in total. The molecule has 6 heteroatoms. The molecule has 0 saturated carbocycles. The number of hydrogen-bond acceptors (Lipinski definition) is 4. The Labute approximate surface area is 125 Å². The lowest BCUT2D eigenvalue weighted by molar-refractivity contribution is -0.169. The van der Waals surface area contributed by atoms with Crippen molar-refractivity contribution in [2.75, 3.05) is 20.8 Å². The van der Waals surface area contributed by atoms with Gasteiger partial charge in [-0.15, -0.1) is 0 Å². The van der Waals surface area contributed by atoms with Crippen molar-refractivity contribution in [1.29, 1.82) is 0 Å². The summed E-state index contributed by atoms with van der Waals surface area (Å²) in [5.74, 6) is 0.216. The zero-order chi connectivity index (χ0) is 15.8. The zero-order valence-electron chi connectivity index (χ0n) is 12.9. The molecule has 0 fully saturated rings. The molecule has 1 rings (SSSR count). The number of carbonyl (C=O) groups excluding carboxylic acids is 2. The summed E-state index contributed by atoms with van der Waals surface area (Å²) in [6, 6.07) is 6.89. The number of hydrogen-bond donors (Lipinski definition) is 1.